The van der Waals surface area contributed by atoms with Crippen LogP contribution in [0.25, 0.3) is 0 Å². The minimum atomic E-state index is -2.78. The van der Waals surface area contributed by atoms with Gasteiger partial charge in [-0.2, -0.15) is 0 Å². The second-order valence-corrected chi connectivity index (χ2v) is 4.17. The van der Waals surface area contributed by atoms with Crippen molar-refractivity contribution in [2.45, 2.75) is 18.7 Å². The number of carbonyl (C=O) groups is 2. The lowest BCUT2D eigenvalue weighted by molar-refractivity contribution is 0.101. The molecule has 0 aliphatic rings. The first-order chi connectivity index (χ1) is 6.91. The Balaban J connectivity index is 3.45. The van der Waals surface area contributed by atoms with Crippen molar-refractivity contribution in [3.05, 3.63) is 29.3 Å². The number of thiol groups is 1. The van der Waals surface area contributed by atoms with E-state index in [1.807, 2.05) is 0 Å². The van der Waals surface area contributed by atoms with E-state index in [2.05, 4.69) is 0 Å². The van der Waals surface area contributed by atoms with Crippen LogP contribution >= 0.6 is 0 Å². The zero-order valence-electron chi connectivity index (χ0n) is 8.31. The zero-order chi connectivity index (χ0) is 11.6. The van der Waals surface area contributed by atoms with Gasteiger partial charge in [0.25, 0.3) is 0 Å². The first kappa shape index (κ1) is 11.6. The molecule has 0 heterocycles. The summed E-state index contributed by atoms with van der Waals surface area (Å²) in [5, 5.41) is 0. The lowest BCUT2D eigenvalue weighted by Crippen LogP contribution is -2.00. The number of Topliss-reactive ketones (excluding diaryl/α,β-unsaturated/α-hetero) is 2. The molecule has 5 heteroatoms. The molecule has 15 heavy (non-hydrogen) atoms. The van der Waals surface area contributed by atoms with Crippen molar-refractivity contribution in [2.75, 3.05) is 0 Å². The maximum atomic E-state index is 11.1. The second kappa shape index (κ2) is 4.35. The van der Waals surface area contributed by atoms with Crippen molar-refractivity contribution >= 4 is 22.3 Å². The zero-order valence-corrected chi connectivity index (χ0v) is 9.21. The molecule has 4 nitrogen and oxygen atoms in total. The summed E-state index contributed by atoms with van der Waals surface area (Å²) in [6, 6.07) is 3.92. The predicted molar refractivity (Wildman–Crippen MR) is 55.0 cm³/mol. The molecule has 0 N–H and O–H groups in total. The smallest absolute Gasteiger partial charge is 0.168 e. The summed E-state index contributed by atoms with van der Waals surface area (Å²) >= 11 is 0. The maximum Gasteiger partial charge on any atom is 0.168 e. The highest BCUT2D eigenvalue weighted by atomic mass is 32.2. The number of hydrogen-bond donors (Lipinski definition) is 1. The van der Waals surface area contributed by atoms with Gasteiger partial charge in [-0.05, 0) is 32.0 Å². The first-order valence-electron chi connectivity index (χ1n) is 4.23. The molecular weight excluding hydrogens is 216 g/mol. The summed E-state index contributed by atoms with van der Waals surface area (Å²) in [7, 11) is -2.78. The number of ketones is 2. The monoisotopic (exact) mass is 226 g/mol. The summed E-state index contributed by atoms with van der Waals surface area (Å²) in [5.41, 5.74) is 0.466. The van der Waals surface area contributed by atoms with Gasteiger partial charge in [-0.3, -0.25) is 9.59 Å². The van der Waals surface area contributed by atoms with Crippen LogP contribution in [0.15, 0.2) is 23.1 Å². The largest absolute Gasteiger partial charge is 0.295 e. The molecule has 1 rings (SSSR count). The molecule has 0 spiro atoms. The highest BCUT2D eigenvalue weighted by Crippen LogP contribution is 2.13. The Hall–Kier alpha value is -1.49. The molecular formula is C10H10O4S. The third-order valence-electron chi connectivity index (χ3n) is 1.94. The summed E-state index contributed by atoms with van der Waals surface area (Å²) in [5.74, 6) is -0.535. The number of rotatable bonds is 3. The predicted octanol–water partition coefficient (Wildman–Crippen LogP) is 1.06. The fourth-order valence-corrected chi connectivity index (χ4v) is 1.61. The van der Waals surface area contributed by atoms with Crippen LogP contribution in [0.5, 0.6) is 0 Å². The molecule has 0 saturated carbocycles. The summed E-state index contributed by atoms with van der Waals surface area (Å²) < 4.78 is 21.5. The third-order valence-corrected chi connectivity index (χ3v) is 2.62. The van der Waals surface area contributed by atoms with Gasteiger partial charge in [-0.1, -0.05) is 0 Å². The SMILES string of the molecule is CC(=O)c1cc(C(C)=O)cc([SH](=O)=O)c1. The number of hydrogen-bond acceptors (Lipinski definition) is 4. The molecule has 0 aromatic heterocycles. The van der Waals surface area contributed by atoms with E-state index in [0.29, 0.717) is 0 Å². The van der Waals surface area contributed by atoms with Crippen molar-refractivity contribution < 1.29 is 18.0 Å². The van der Waals surface area contributed by atoms with E-state index in [-0.39, 0.29) is 27.6 Å². The first-order valence-corrected chi connectivity index (χ1v) is 5.41. The van der Waals surface area contributed by atoms with E-state index in [0.717, 1.165) is 0 Å². The molecule has 0 amide bonds. The Morgan fingerprint density at radius 2 is 1.33 bits per heavy atom. The van der Waals surface area contributed by atoms with Crippen LogP contribution in [-0.4, -0.2) is 20.0 Å². The molecule has 0 radical (unpaired) electrons. The van der Waals surface area contributed by atoms with E-state index in [4.69, 9.17) is 0 Å². The molecule has 80 valence electrons. The topological polar surface area (TPSA) is 68.3 Å². The molecule has 1 aromatic carbocycles. The van der Waals surface area contributed by atoms with E-state index in [1.54, 1.807) is 0 Å². The minimum absolute atomic E-state index is 0.0112. The van der Waals surface area contributed by atoms with E-state index >= 15 is 0 Å². The Morgan fingerprint density at radius 1 is 0.933 bits per heavy atom. The standard InChI is InChI=1S/C10H10O4S/c1-6(11)8-3-9(7(2)12)5-10(4-8)15(13)14/h3-5,15H,1-2H3. The summed E-state index contributed by atoms with van der Waals surface area (Å²) in [6.07, 6.45) is 0. The highest BCUT2D eigenvalue weighted by Gasteiger charge is 2.08. The fraction of sp³-hybridized carbons (Fsp3) is 0.200. The lowest BCUT2D eigenvalue weighted by atomic mass is 10.1. The fourth-order valence-electron chi connectivity index (χ4n) is 1.12. The van der Waals surface area contributed by atoms with Gasteiger partial charge in [-0.25, -0.2) is 8.42 Å². The molecule has 0 unspecified atom stereocenters. The molecule has 1 aromatic rings. The summed E-state index contributed by atoms with van der Waals surface area (Å²) in [4.78, 5) is 22.2. The number of carbonyl (C=O) groups excluding carboxylic acids is 2. The average Bonchev–Trinajstić information content (AvgIpc) is 2.16. The molecule has 0 saturated heterocycles. The maximum absolute atomic E-state index is 11.1. The van der Waals surface area contributed by atoms with Gasteiger partial charge < -0.3 is 0 Å². The Kier molecular flexibility index (Phi) is 3.36. The van der Waals surface area contributed by atoms with E-state index in [9.17, 15) is 18.0 Å². The van der Waals surface area contributed by atoms with Gasteiger partial charge >= 0.3 is 0 Å². The van der Waals surface area contributed by atoms with Crippen LogP contribution in [0, 0.1) is 0 Å². The van der Waals surface area contributed by atoms with Crippen molar-refractivity contribution in [3.8, 4) is 0 Å². The average molecular weight is 226 g/mol. The van der Waals surface area contributed by atoms with Gasteiger partial charge in [-0.15, -0.1) is 0 Å². The van der Waals surface area contributed by atoms with E-state index < -0.39 is 10.7 Å². The van der Waals surface area contributed by atoms with Crippen molar-refractivity contribution in [1.82, 2.24) is 0 Å². The van der Waals surface area contributed by atoms with Crippen LogP contribution in [0.3, 0.4) is 0 Å². The van der Waals surface area contributed by atoms with Crippen LogP contribution < -0.4 is 0 Å². The minimum Gasteiger partial charge on any atom is -0.295 e. The number of benzene rings is 1. The molecule has 0 fully saturated rings. The van der Waals surface area contributed by atoms with Gasteiger partial charge in [0.1, 0.15) is 0 Å². The van der Waals surface area contributed by atoms with Crippen LogP contribution in [0.2, 0.25) is 0 Å². The van der Waals surface area contributed by atoms with Crippen LogP contribution in [-0.2, 0) is 10.7 Å². The normalized spacial score (nSPS) is 10.3. The van der Waals surface area contributed by atoms with Crippen molar-refractivity contribution in [1.29, 1.82) is 0 Å². The molecule has 0 aliphatic carbocycles. The van der Waals surface area contributed by atoms with Crippen molar-refractivity contribution in [3.63, 3.8) is 0 Å². The lowest BCUT2D eigenvalue weighted by Gasteiger charge is -2.01. The Morgan fingerprint density at radius 3 is 1.60 bits per heavy atom. The van der Waals surface area contributed by atoms with Crippen molar-refractivity contribution in [2.24, 2.45) is 0 Å². The molecule has 0 aliphatic heterocycles. The molecule has 0 bridgehead atoms. The quantitative estimate of drug-likeness (QED) is 0.618. The second-order valence-electron chi connectivity index (χ2n) is 3.14. The molecule has 0 atom stereocenters. The highest BCUT2D eigenvalue weighted by molar-refractivity contribution is 7.72. The van der Waals surface area contributed by atoms with Gasteiger partial charge in [0.05, 0.1) is 4.90 Å². The van der Waals surface area contributed by atoms with Crippen LogP contribution in [0.1, 0.15) is 34.6 Å². The third kappa shape index (κ3) is 2.73. The van der Waals surface area contributed by atoms with Gasteiger partial charge in [0, 0.05) is 11.1 Å². The summed E-state index contributed by atoms with van der Waals surface area (Å²) in [6.45, 7) is 2.64. The van der Waals surface area contributed by atoms with Gasteiger partial charge in [0.2, 0.25) is 0 Å². The van der Waals surface area contributed by atoms with Gasteiger partial charge in [0.15, 0.2) is 22.3 Å². The Bertz CT molecular complexity index is 460. The Labute approximate surface area is 88.9 Å². The van der Waals surface area contributed by atoms with Crippen LogP contribution in [0.4, 0.5) is 0 Å². The van der Waals surface area contributed by atoms with E-state index in [1.165, 1.54) is 32.0 Å².